The molecule has 2 heteroatoms. The molecule has 1 heterocycles. The molecule has 2 nitrogen and oxygen atoms in total. The third-order valence-corrected chi connectivity index (χ3v) is 12.9. The molecule has 2 aliphatic carbocycles. The van der Waals surface area contributed by atoms with Crippen molar-refractivity contribution in [3.63, 3.8) is 0 Å². The second kappa shape index (κ2) is 14.1. The van der Waals surface area contributed by atoms with Gasteiger partial charge in [-0.05, 0) is 138 Å². The van der Waals surface area contributed by atoms with Crippen molar-refractivity contribution in [2.75, 3.05) is 4.90 Å². The number of anilines is 3. The fraction of sp³-hybridized carbons (Fsp3) is 0.208. The zero-order valence-corrected chi connectivity index (χ0v) is 31.9. The quantitative estimate of drug-likeness (QED) is 0.145. The van der Waals surface area contributed by atoms with E-state index in [1.54, 1.807) is 0 Å². The van der Waals surface area contributed by atoms with Gasteiger partial charge in [-0.1, -0.05) is 135 Å². The van der Waals surface area contributed by atoms with Crippen LogP contribution < -0.4 is 4.90 Å². The Morgan fingerprint density at radius 3 is 1.76 bits per heavy atom. The van der Waals surface area contributed by atoms with Gasteiger partial charge in [-0.25, -0.2) is 0 Å². The van der Waals surface area contributed by atoms with E-state index in [0.717, 1.165) is 34.8 Å². The Morgan fingerprint density at radius 2 is 1.15 bits per heavy atom. The molecular formula is C53H48N2. The van der Waals surface area contributed by atoms with Crippen molar-refractivity contribution in [2.45, 2.75) is 51.9 Å². The van der Waals surface area contributed by atoms with E-state index in [0.29, 0.717) is 5.92 Å². The Hall–Kier alpha value is -5.86. The van der Waals surface area contributed by atoms with Gasteiger partial charge in [0.25, 0.3) is 0 Å². The standard InChI is InChI=1S/C53H48N2/c1-36(31-44-34-38-21-22-43(44)33-38)48-17-9-11-19-51(48)55-52-20-12-10-18-49(52)50-35-47(32-37(2)53(50)55)54(45-27-23-41(24-28-45)39-13-5-3-6-14-39)46-29-25-42(26-30-46)40-15-7-4-8-16-40/h3-20,23-30,32,35-36,38,43-44H,21-22,31,33-34H2,1-2H3/t36-,38+,43-,44?/m0/s1. The van der Waals surface area contributed by atoms with Crippen molar-refractivity contribution in [3.8, 4) is 27.9 Å². The minimum absolute atomic E-state index is 0.504. The van der Waals surface area contributed by atoms with E-state index in [9.17, 15) is 0 Å². The lowest BCUT2D eigenvalue weighted by molar-refractivity contribution is 0.299. The smallest absolute Gasteiger partial charge is 0.0571 e. The maximum absolute atomic E-state index is 2.57. The van der Waals surface area contributed by atoms with Crippen LogP contribution >= 0.6 is 0 Å². The number of benzene rings is 7. The largest absolute Gasteiger partial charge is 0.310 e. The summed E-state index contributed by atoms with van der Waals surface area (Å²) in [5.41, 5.74) is 14.9. The molecule has 0 amide bonds. The van der Waals surface area contributed by atoms with E-state index in [1.165, 1.54) is 93.0 Å². The Labute approximate surface area is 325 Å². The Kier molecular flexibility index (Phi) is 8.63. The lowest BCUT2D eigenvalue weighted by Gasteiger charge is -2.27. The Bertz CT molecular complexity index is 2520. The van der Waals surface area contributed by atoms with Gasteiger partial charge in [-0.3, -0.25) is 0 Å². The third kappa shape index (κ3) is 6.15. The molecule has 0 aliphatic heterocycles. The molecule has 8 aromatic rings. The number of fused-ring (bicyclic) bond motifs is 5. The van der Waals surface area contributed by atoms with E-state index in [4.69, 9.17) is 0 Å². The number of para-hydroxylation sites is 2. The molecule has 1 aromatic heterocycles. The average molecular weight is 713 g/mol. The summed E-state index contributed by atoms with van der Waals surface area (Å²) in [6, 6.07) is 62.5. The van der Waals surface area contributed by atoms with Crippen LogP contribution in [0.5, 0.6) is 0 Å². The SMILES string of the molecule is Cc1cc(N(c2ccc(-c3ccccc3)cc2)c2ccc(-c3ccccc3)cc2)cc2c3ccccc3n(-c3ccccc3[C@@H](C)CC3C[C@@H]4CC[C@H]3C4)c12. The van der Waals surface area contributed by atoms with Crippen molar-refractivity contribution in [3.05, 3.63) is 181 Å². The first-order valence-corrected chi connectivity index (χ1v) is 20.3. The summed E-state index contributed by atoms with van der Waals surface area (Å²) in [7, 11) is 0. The van der Waals surface area contributed by atoms with Gasteiger partial charge in [0.05, 0.1) is 11.0 Å². The fourth-order valence-electron chi connectivity index (χ4n) is 10.3. The number of hydrogen-bond acceptors (Lipinski definition) is 1. The second-order valence-electron chi connectivity index (χ2n) is 16.3. The topological polar surface area (TPSA) is 8.17 Å². The summed E-state index contributed by atoms with van der Waals surface area (Å²) in [5, 5.41) is 2.57. The predicted octanol–water partition coefficient (Wildman–Crippen LogP) is 14.8. The van der Waals surface area contributed by atoms with Crippen molar-refractivity contribution < 1.29 is 0 Å². The van der Waals surface area contributed by atoms with Crippen LogP contribution in [0.15, 0.2) is 170 Å². The fourth-order valence-corrected chi connectivity index (χ4v) is 10.3. The van der Waals surface area contributed by atoms with Crippen molar-refractivity contribution in [1.29, 1.82) is 0 Å². The van der Waals surface area contributed by atoms with Crippen LogP contribution in [0.2, 0.25) is 0 Å². The van der Waals surface area contributed by atoms with Crippen molar-refractivity contribution in [2.24, 2.45) is 17.8 Å². The molecule has 0 radical (unpaired) electrons. The van der Waals surface area contributed by atoms with Crippen LogP contribution in [0.4, 0.5) is 17.1 Å². The third-order valence-electron chi connectivity index (χ3n) is 12.9. The Balaban J connectivity index is 1.10. The summed E-state index contributed by atoms with van der Waals surface area (Å²) in [6.07, 6.45) is 7.11. The normalized spacial score (nSPS) is 18.3. The highest BCUT2D eigenvalue weighted by molar-refractivity contribution is 6.12. The number of hydrogen-bond donors (Lipinski definition) is 0. The highest BCUT2D eigenvalue weighted by atomic mass is 15.1. The molecule has 1 unspecified atom stereocenters. The molecule has 2 aliphatic rings. The van der Waals surface area contributed by atoms with Crippen LogP contribution in [0.1, 0.15) is 56.1 Å². The molecule has 270 valence electrons. The number of nitrogens with zero attached hydrogens (tertiary/aromatic N) is 2. The van der Waals surface area contributed by atoms with Gasteiger partial charge in [-0.15, -0.1) is 0 Å². The summed E-state index contributed by atoms with van der Waals surface area (Å²) in [4.78, 5) is 2.42. The van der Waals surface area contributed by atoms with Crippen molar-refractivity contribution >= 4 is 38.9 Å². The maximum Gasteiger partial charge on any atom is 0.0571 e. The number of aryl methyl sites for hydroxylation is 1. The van der Waals surface area contributed by atoms with Crippen LogP contribution in [0.3, 0.4) is 0 Å². The van der Waals surface area contributed by atoms with Gasteiger partial charge in [0.15, 0.2) is 0 Å². The van der Waals surface area contributed by atoms with Gasteiger partial charge in [0.1, 0.15) is 0 Å². The molecule has 2 bridgehead atoms. The second-order valence-corrected chi connectivity index (χ2v) is 16.3. The molecule has 7 aromatic carbocycles. The van der Waals surface area contributed by atoms with Crippen LogP contribution in [-0.4, -0.2) is 4.57 Å². The highest BCUT2D eigenvalue weighted by Gasteiger charge is 2.40. The van der Waals surface area contributed by atoms with E-state index in [2.05, 4.69) is 193 Å². The van der Waals surface area contributed by atoms with Crippen LogP contribution in [0, 0.1) is 24.7 Å². The molecule has 0 spiro atoms. The van der Waals surface area contributed by atoms with E-state index in [1.807, 2.05) is 0 Å². The summed E-state index contributed by atoms with van der Waals surface area (Å²) >= 11 is 0. The molecular weight excluding hydrogens is 665 g/mol. The van der Waals surface area contributed by atoms with Gasteiger partial charge < -0.3 is 9.47 Å². The van der Waals surface area contributed by atoms with Gasteiger partial charge >= 0.3 is 0 Å². The molecule has 4 atom stereocenters. The van der Waals surface area contributed by atoms with Crippen LogP contribution in [-0.2, 0) is 0 Å². The first kappa shape index (κ1) is 33.7. The van der Waals surface area contributed by atoms with Crippen molar-refractivity contribution in [1.82, 2.24) is 4.57 Å². The predicted molar refractivity (Wildman–Crippen MR) is 233 cm³/mol. The first-order valence-electron chi connectivity index (χ1n) is 20.3. The zero-order valence-electron chi connectivity index (χ0n) is 31.9. The first-order chi connectivity index (χ1) is 27.1. The molecule has 0 saturated heterocycles. The lowest BCUT2D eigenvalue weighted by atomic mass is 9.80. The number of aromatic nitrogens is 1. The van der Waals surface area contributed by atoms with Gasteiger partial charge in [-0.2, -0.15) is 0 Å². The minimum Gasteiger partial charge on any atom is -0.310 e. The monoisotopic (exact) mass is 712 g/mol. The Morgan fingerprint density at radius 1 is 0.564 bits per heavy atom. The van der Waals surface area contributed by atoms with E-state index >= 15 is 0 Å². The molecule has 2 saturated carbocycles. The summed E-state index contributed by atoms with van der Waals surface area (Å²) in [6.45, 7) is 4.78. The van der Waals surface area contributed by atoms with Crippen LogP contribution in [0.25, 0.3) is 49.7 Å². The number of rotatable bonds is 9. The average Bonchev–Trinajstić information content (AvgIpc) is 3.96. The zero-order chi connectivity index (χ0) is 36.9. The summed E-state index contributed by atoms with van der Waals surface area (Å²) < 4.78 is 2.57. The molecule has 55 heavy (non-hydrogen) atoms. The highest BCUT2D eigenvalue weighted by Crippen LogP contribution is 2.52. The lowest BCUT2D eigenvalue weighted by Crippen LogP contribution is -2.14. The van der Waals surface area contributed by atoms with E-state index in [-0.39, 0.29) is 0 Å². The molecule has 0 N–H and O–H groups in total. The minimum atomic E-state index is 0.504. The van der Waals surface area contributed by atoms with E-state index < -0.39 is 0 Å². The molecule has 10 rings (SSSR count). The molecule has 2 fully saturated rings. The van der Waals surface area contributed by atoms with Gasteiger partial charge in [0, 0.05) is 33.5 Å². The van der Waals surface area contributed by atoms with Gasteiger partial charge in [0.2, 0.25) is 0 Å². The maximum atomic E-state index is 2.57. The summed E-state index contributed by atoms with van der Waals surface area (Å²) in [5.74, 6) is 3.30.